The number of carbonyl (C=O) groups excluding carboxylic acids is 1. The minimum Gasteiger partial charge on any atom is -0.311 e. The third-order valence-corrected chi connectivity index (χ3v) is 2.23. The zero-order chi connectivity index (χ0) is 12.0. The number of pyridine rings is 1. The van der Waals surface area contributed by atoms with Crippen molar-refractivity contribution in [2.24, 2.45) is 0 Å². The number of aromatic nitrogens is 1. The number of nitrogens with one attached hydrogen (secondary N) is 1. The Bertz CT molecular complexity index is 446. The fourth-order valence-electron chi connectivity index (χ4n) is 1.15. The Morgan fingerprint density at radius 2 is 2.31 bits per heavy atom. The van der Waals surface area contributed by atoms with Crippen LogP contribution in [0.3, 0.4) is 0 Å². The number of alkyl halides is 1. The summed E-state index contributed by atoms with van der Waals surface area (Å²) in [5.74, 6) is 6.51. The van der Waals surface area contributed by atoms with Gasteiger partial charge in [0.15, 0.2) is 0 Å². The van der Waals surface area contributed by atoms with Crippen molar-refractivity contribution in [3.05, 3.63) is 23.4 Å². The van der Waals surface area contributed by atoms with Gasteiger partial charge in [-0.15, -0.1) is 0 Å². The average molecular weight is 281 g/mol. The van der Waals surface area contributed by atoms with Gasteiger partial charge in [-0.3, -0.25) is 4.79 Å². The molecule has 16 heavy (non-hydrogen) atoms. The summed E-state index contributed by atoms with van der Waals surface area (Å²) in [5, 5.41) is 3.51. The summed E-state index contributed by atoms with van der Waals surface area (Å²) in [4.78, 5) is 15.1. The van der Waals surface area contributed by atoms with Crippen LogP contribution in [0.4, 0.5) is 5.82 Å². The van der Waals surface area contributed by atoms with E-state index in [2.05, 4.69) is 38.1 Å². The fourth-order valence-corrected chi connectivity index (χ4v) is 1.35. The summed E-state index contributed by atoms with van der Waals surface area (Å²) in [6.45, 7) is 3.34. The molecule has 0 aromatic carbocycles. The number of anilines is 1. The lowest BCUT2D eigenvalue weighted by molar-refractivity contribution is -0.114. The van der Waals surface area contributed by atoms with Crippen molar-refractivity contribution in [2.45, 2.75) is 20.3 Å². The van der Waals surface area contributed by atoms with Crippen molar-refractivity contribution < 1.29 is 4.79 Å². The maximum atomic E-state index is 10.8. The van der Waals surface area contributed by atoms with Crippen LogP contribution in [-0.2, 0) is 4.79 Å². The summed E-state index contributed by atoms with van der Waals surface area (Å²) in [6, 6.07) is 3.63. The predicted octanol–water partition coefficient (Wildman–Crippen LogP) is 2.48. The van der Waals surface area contributed by atoms with Gasteiger partial charge < -0.3 is 5.32 Å². The zero-order valence-corrected chi connectivity index (χ0v) is 10.9. The first-order valence-corrected chi connectivity index (χ1v) is 6.05. The number of aryl methyl sites for hydroxylation is 1. The molecule has 0 atom stereocenters. The van der Waals surface area contributed by atoms with E-state index in [1.807, 2.05) is 13.0 Å². The number of rotatable bonds is 2. The average Bonchev–Trinajstić information content (AvgIpc) is 2.20. The summed E-state index contributed by atoms with van der Waals surface area (Å²) < 4.78 is 0. The van der Waals surface area contributed by atoms with Gasteiger partial charge in [0, 0.05) is 24.2 Å². The molecule has 0 aliphatic carbocycles. The van der Waals surface area contributed by atoms with Crippen LogP contribution in [0.5, 0.6) is 0 Å². The molecule has 0 saturated heterocycles. The monoisotopic (exact) mass is 280 g/mol. The third-order valence-electron chi connectivity index (χ3n) is 1.83. The van der Waals surface area contributed by atoms with Crippen molar-refractivity contribution in [3.63, 3.8) is 0 Å². The second-order valence-corrected chi connectivity index (χ2v) is 4.04. The van der Waals surface area contributed by atoms with E-state index in [1.54, 1.807) is 6.07 Å². The molecule has 0 fully saturated rings. The molecule has 1 rings (SSSR count). The molecule has 1 N–H and O–H groups in total. The highest BCUT2D eigenvalue weighted by Gasteiger charge is 2.00. The Labute approximate surface area is 104 Å². The van der Waals surface area contributed by atoms with E-state index >= 15 is 0 Å². The first-order chi connectivity index (χ1) is 7.63. The van der Waals surface area contributed by atoms with Crippen LogP contribution in [0.15, 0.2) is 12.1 Å². The summed E-state index contributed by atoms with van der Waals surface area (Å²) in [7, 11) is 0. The Morgan fingerprint density at radius 3 is 2.88 bits per heavy atom. The molecule has 0 spiro atoms. The van der Waals surface area contributed by atoms with Crippen molar-refractivity contribution in [2.75, 3.05) is 10.6 Å². The van der Waals surface area contributed by atoms with Gasteiger partial charge in [0.2, 0.25) is 5.91 Å². The van der Waals surface area contributed by atoms with Crippen LogP contribution in [-0.4, -0.2) is 16.2 Å². The SMILES string of the molecule is CC(=O)Nc1ccc(C#CCCBr)c(C)n1. The predicted molar refractivity (Wildman–Crippen MR) is 68.6 cm³/mol. The Kier molecular flexibility index (Phi) is 5.00. The lowest BCUT2D eigenvalue weighted by Crippen LogP contribution is -2.08. The van der Waals surface area contributed by atoms with Crippen LogP contribution in [0.1, 0.15) is 24.6 Å². The Morgan fingerprint density at radius 1 is 1.56 bits per heavy atom. The Hall–Kier alpha value is -1.34. The van der Waals surface area contributed by atoms with E-state index in [-0.39, 0.29) is 5.91 Å². The first-order valence-electron chi connectivity index (χ1n) is 4.93. The minimum absolute atomic E-state index is 0.120. The fraction of sp³-hybridized carbons (Fsp3) is 0.333. The second kappa shape index (κ2) is 6.29. The van der Waals surface area contributed by atoms with E-state index in [0.29, 0.717) is 5.82 Å². The largest absolute Gasteiger partial charge is 0.311 e. The standard InChI is InChI=1S/C12H13BrN2O/c1-9-11(5-3-4-8-13)6-7-12(14-9)15-10(2)16/h6-7H,4,8H2,1-2H3,(H,14,15,16). The molecule has 1 aromatic heterocycles. The molecule has 0 aliphatic heterocycles. The van der Waals surface area contributed by atoms with Crippen LogP contribution >= 0.6 is 15.9 Å². The number of amides is 1. The molecular formula is C12H13BrN2O. The summed E-state index contributed by atoms with van der Waals surface area (Å²) in [6.07, 6.45) is 0.812. The highest BCUT2D eigenvalue weighted by atomic mass is 79.9. The molecule has 1 amide bonds. The Balaban J connectivity index is 2.84. The number of hydrogen-bond donors (Lipinski definition) is 1. The van der Waals surface area contributed by atoms with Gasteiger partial charge >= 0.3 is 0 Å². The molecule has 1 heterocycles. The molecule has 4 heteroatoms. The summed E-state index contributed by atoms with van der Waals surface area (Å²) in [5.41, 5.74) is 1.73. The maximum absolute atomic E-state index is 10.8. The molecule has 0 aliphatic rings. The van der Waals surface area contributed by atoms with Gasteiger partial charge in [0.05, 0.1) is 5.69 Å². The van der Waals surface area contributed by atoms with Gasteiger partial charge in [-0.2, -0.15) is 0 Å². The van der Waals surface area contributed by atoms with Crippen molar-refractivity contribution >= 4 is 27.7 Å². The molecule has 84 valence electrons. The smallest absolute Gasteiger partial charge is 0.222 e. The second-order valence-electron chi connectivity index (χ2n) is 3.25. The molecule has 3 nitrogen and oxygen atoms in total. The van der Waals surface area contributed by atoms with Crippen molar-refractivity contribution in [3.8, 4) is 11.8 Å². The normalized spacial score (nSPS) is 9.19. The van der Waals surface area contributed by atoms with Gasteiger partial charge in [0.1, 0.15) is 5.82 Å². The summed E-state index contributed by atoms with van der Waals surface area (Å²) >= 11 is 3.31. The lowest BCUT2D eigenvalue weighted by Gasteiger charge is -2.03. The van der Waals surface area contributed by atoms with E-state index < -0.39 is 0 Å². The van der Waals surface area contributed by atoms with Crippen LogP contribution in [0, 0.1) is 18.8 Å². The van der Waals surface area contributed by atoms with Gasteiger partial charge in [-0.1, -0.05) is 27.8 Å². The molecule has 0 saturated carbocycles. The third kappa shape index (κ3) is 4.03. The molecule has 1 aromatic rings. The highest BCUT2D eigenvalue weighted by Crippen LogP contribution is 2.09. The number of nitrogens with zero attached hydrogens (tertiary/aromatic N) is 1. The minimum atomic E-state index is -0.120. The van der Waals surface area contributed by atoms with Crippen molar-refractivity contribution in [1.29, 1.82) is 0 Å². The molecular weight excluding hydrogens is 268 g/mol. The topological polar surface area (TPSA) is 42.0 Å². The molecule has 0 radical (unpaired) electrons. The zero-order valence-electron chi connectivity index (χ0n) is 9.30. The number of hydrogen-bond acceptors (Lipinski definition) is 2. The molecule has 0 unspecified atom stereocenters. The van der Waals surface area contributed by atoms with Crippen LogP contribution in [0.25, 0.3) is 0 Å². The van der Waals surface area contributed by atoms with Crippen LogP contribution < -0.4 is 5.32 Å². The highest BCUT2D eigenvalue weighted by molar-refractivity contribution is 9.09. The lowest BCUT2D eigenvalue weighted by atomic mass is 10.2. The first kappa shape index (κ1) is 12.7. The van der Waals surface area contributed by atoms with Gasteiger partial charge in [0.25, 0.3) is 0 Å². The maximum Gasteiger partial charge on any atom is 0.222 e. The molecule has 0 bridgehead atoms. The number of halogens is 1. The van der Waals surface area contributed by atoms with Crippen LogP contribution in [0.2, 0.25) is 0 Å². The van der Waals surface area contributed by atoms with E-state index in [9.17, 15) is 4.79 Å². The van der Waals surface area contributed by atoms with Gasteiger partial charge in [-0.25, -0.2) is 4.98 Å². The quantitative estimate of drug-likeness (QED) is 0.668. The van der Waals surface area contributed by atoms with E-state index in [4.69, 9.17) is 0 Å². The van der Waals surface area contributed by atoms with E-state index in [0.717, 1.165) is 23.0 Å². The van der Waals surface area contributed by atoms with E-state index in [1.165, 1.54) is 6.92 Å². The number of carbonyl (C=O) groups is 1. The van der Waals surface area contributed by atoms with Gasteiger partial charge in [-0.05, 0) is 19.1 Å². The van der Waals surface area contributed by atoms with Crippen molar-refractivity contribution in [1.82, 2.24) is 4.98 Å².